The first kappa shape index (κ1) is 28.9. The number of nitrogens with zero attached hydrogens (tertiary/aromatic N) is 2. The van der Waals surface area contributed by atoms with Crippen LogP contribution in [-0.4, -0.2) is 53.3 Å². The van der Waals surface area contributed by atoms with Crippen molar-refractivity contribution in [3.05, 3.63) is 0 Å². The van der Waals surface area contributed by atoms with Gasteiger partial charge in [0.15, 0.2) is 0 Å². The van der Waals surface area contributed by atoms with Gasteiger partial charge in [-0.15, -0.1) is 0 Å². The van der Waals surface area contributed by atoms with Gasteiger partial charge >= 0.3 is 0 Å². The minimum absolute atomic E-state index is 0.381. The van der Waals surface area contributed by atoms with Gasteiger partial charge in [-0.3, -0.25) is 9.80 Å². The molecule has 4 aliphatic carbocycles. The molecule has 2 heterocycles. The Hall–Kier alpha value is 0.880. The molecule has 0 aromatic heterocycles. The van der Waals surface area contributed by atoms with Crippen molar-refractivity contribution in [2.24, 2.45) is 34.5 Å². The largest absolute Gasteiger partial charge is 0.285 e. The minimum atomic E-state index is 0.381. The molecule has 6 atom stereocenters. The monoisotopic (exact) mass is 614 g/mol. The van der Waals surface area contributed by atoms with Crippen molar-refractivity contribution in [1.29, 1.82) is 0 Å². The highest BCUT2D eigenvalue weighted by molar-refractivity contribution is 9.09. The van der Waals surface area contributed by atoms with Gasteiger partial charge in [0.1, 0.15) is 0 Å². The second-order valence-corrected chi connectivity index (χ2v) is 13.3. The molecule has 6 rings (SSSR count). The molecule has 0 bridgehead atoms. The Morgan fingerprint density at radius 2 is 1.11 bits per heavy atom. The fourth-order valence-electron chi connectivity index (χ4n) is 11.1. The summed E-state index contributed by atoms with van der Waals surface area (Å²) in [4.78, 5) is 6.25. The van der Waals surface area contributed by atoms with Crippen LogP contribution in [0.5, 0.6) is 0 Å². The van der Waals surface area contributed by atoms with Gasteiger partial charge in [0.05, 0.1) is 5.66 Å². The number of hydrogen-bond donors (Lipinski definition) is 0. The maximum atomic E-state index is 3.12. The molecule has 0 spiro atoms. The molecule has 0 amide bonds. The second-order valence-electron chi connectivity index (χ2n) is 13.3. The third kappa shape index (κ3) is 4.77. The van der Waals surface area contributed by atoms with Crippen LogP contribution in [-0.2, 0) is 0 Å². The van der Waals surface area contributed by atoms with Gasteiger partial charge in [-0.2, -0.15) is 0 Å². The average Bonchev–Trinajstić information content (AvgIpc) is 3.33. The lowest BCUT2D eigenvalue weighted by Crippen LogP contribution is -2.76. The fourth-order valence-corrected chi connectivity index (χ4v) is 11.1. The van der Waals surface area contributed by atoms with Crippen molar-refractivity contribution < 1.29 is 0 Å². The van der Waals surface area contributed by atoms with Crippen LogP contribution >= 0.6 is 31.9 Å². The van der Waals surface area contributed by atoms with Crippen molar-refractivity contribution in [3.63, 3.8) is 0 Å². The molecule has 6 aliphatic rings. The third-order valence-electron chi connectivity index (χ3n) is 12.4. The normalized spacial score (nSPS) is 43.4. The van der Waals surface area contributed by atoms with Crippen LogP contribution in [0.4, 0.5) is 0 Å². The van der Waals surface area contributed by atoms with Gasteiger partial charge < -0.3 is 0 Å². The first-order chi connectivity index (χ1) is 17.1. The maximum Gasteiger partial charge on any atom is 0.0798 e. The van der Waals surface area contributed by atoms with Crippen LogP contribution in [0.15, 0.2) is 0 Å². The summed E-state index contributed by atoms with van der Waals surface area (Å²) in [6, 6.07) is 0. The van der Waals surface area contributed by atoms with E-state index in [2.05, 4.69) is 55.5 Å². The van der Waals surface area contributed by atoms with Crippen molar-refractivity contribution in [1.82, 2.24) is 9.80 Å². The molecule has 35 heavy (non-hydrogen) atoms. The molecule has 4 heteroatoms. The summed E-state index contributed by atoms with van der Waals surface area (Å²) in [7, 11) is 0. The minimum Gasteiger partial charge on any atom is -0.285 e. The Morgan fingerprint density at radius 1 is 0.543 bits per heavy atom. The van der Waals surface area contributed by atoms with E-state index in [0.717, 1.165) is 23.7 Å². The van der Waals surface area contributed by atoms with Crippen LogP contribution in [0, 0.1) is 34.5 Å². The Balaban J connectivity index is 0.000000689. The van der Waals surface area contributed by atoms with Crippen LogP contribution in [0.1, 0.15) is 117 Å². The van der Waals surface area contributed by atoms with E-state index in [1.807, 2.05) is 11.7 Å². The van der Waals surface area contributed by atoms with Crippen LogP contribution in [0.3, 0.4) is 0 Å². The van der Waals surface area contributed by atoms with E-state index < -0.39 is 0 Å². The average molecular weight is 617 g/mol. The summed E-state index contributed by atoms with van der Waals surface area (Å²) in [5, 5.41) is 0. The van der Waals surface area contributed by atoms with Crippen molar-refractivity contribution in [3.8, 4) is 0 Å². The predicted octanol–water partition coefficient (Wildman–Crippen LogP) is 9.11. The highest BCUT2D eigenvalue weighted by Crippen LogP contribution is 2.69. The quantitative estimate of drug-likeness (QED) is 0.286. The van der Waals surface area contributed by atoms with Crippen molar-refractivity contribution >= 4 is 31.9 Å². The van der Waals surface area contributed by atoms with Crippen LogP contribution in [0.2, 0.25) is 0 Å². The predicted molar refractivity (Wildman–Crippen MR) is 160 cm³/mol. The molecule has 0 aromatic rings. The Kier molecular flexibility index (Phi) is 10.2. The molecule has 2 aliphatic heterocycles. The molecule has 0 unspecified atom stereocenters. The van der Waals surface area contributed by atoms with Gasteiger partial charge in [-0.1, -0.05) is 65.0 Å². The Labute approximate surface area is 235 Å². The van der Waals surface area contributed by atoms with Crippen LogP contribution < -0.4 is 0 Å². The first-order valence-corrected chi connectivity index (χ1v) is 18.5. The van der Waals surface area contributed by atoms with Gasteiger partial charge in [-0.05, 0) is 150 Å². The molecule has 6 fully saturated rings. The molecule has 0 N–H and O–H groups in total. The highest BCUT2D eigenvalue weighted by atomic mass is 79.9. The number of rotatable bonds is 2. The number of piperidine rings is 2. The summed E-state index contributed by atoms with van der Waals surface area (Å²) >= 11 is 5.88. The van der Waals surface area contributed by atoms with E-state index in [1.54, 1.807) is 25.7 Å². The number of likely N-dealkylation sites (tertiary alicyclic amines) is 2. The summed E-state index contributed by atoms with van der Waals surface area (Å²) in [6.07, 6.45) is 24.1. The smallest absolute Gasteiger partial charge is 0.0798 e. The summed E-state index contributed by atoms with van der Waals surface area (Å²) in [5.41, 5.74) is 1.59. The summed E-state index contributed by atoms with van der Waals surface area (Å²) < 4.78 is 0. The molecule has 204 valence electrons. The molecule has 4 saturated carbocycles. The highest BCUT2D eigenvalue weighted by Gasteiger charge is 2.67. The molecular formula is C31H56Br2N2. The topological polar surface area (TPSA) is 6.48 Å². The zero-order valence-electron chi connectivity index (χ0n) is 23.6. The third-order valence-corrected chi connectivity index (χ3v) is 12.4. The van der Waals surface area contributed by atoms with E-state index in [4.69, 9.17) is 0 Å². The van der Waals surface area contributed by atoms with Gasteiger partial charge in [0.25, 0.3) is 0 Å². The standard InChI is InChI=1S/C29H50N2.2CH3Br/c1-27-16-10-12-25(27)24-14-13-23-11-9-17-29(30-19-5-3-6-20-30,31-21-7-4-8-22-31)28(23,2)26(24)15-18-27;2*1-2/h23-26H,3-22H2,1-2H3;2*1H3/t23-,24+,25+,26+,27+,28+;;/m1../s1. The van der Waals surface area contributed by atoms with E-state index in [1.165, 1.54) is 103 Å². The first-order valence-electron chi connectivity index (χ1n) is 15.4. The van der Waals surface area contributed by atoms with Crippen LogP contribution in [0.25, 0.3) is 0 Å². The summed E-state index contributed by atoms with van der Waals surface area (Å²) in [6.45, 7) is 11.1. The second kappa shape index (κ2) is 12.4. The molecular weight excluding hydrogens is 560 g/mol. The number of hydrogen-bond acceptors (Lipinski definition) is 2. The number of alkyl halides is 2. The van der Waals surface area contributed by atoms with Gasteiger partial charge in [0.2, 0.25) is 0 Å². The van der Waals surface area contributed by atoms with Crippen molar-refractivity contribution in [2.75, 3.05) is 37.8 Å². The maximum absolute atomic E-state index is 3.12. The Morgan fingerprint density at radius 3 is 1.71 bits per heavy atom. The van der Waals surface area contributed by atoms with E-state index in [-0.39, 0.29) is 0 Å². The lowest BCUT2D eigenvalue weighted by Gasteiger charge is -2.72. The zero-order valence-corrected chi connectivity index (χ0v) is 26.8. The van der Waals surface area contributed by atoms with Gasteiger partial charge in [0, 0.05) is 5.41 Å². The number of halogens is 2. The summed E-state index contributed by atoms with van der Waals surface area (Å²) in [5.74, 6) is 7.68. The lowest BCUT2D eigenvalue weighted by molar-refractivity contribution is -0.250. The lowest BCUT2D eigenvalue weighted by atomic mass is 9.42. The number of fused-ring (bicyclic) bond motifs is 5. The van der Waals surface area contributed by atoms with E-state index in [0.29, 0.717) is 16.5 Å². The SMILES string of the molecule is CBr.CBr.C[C@@]12CCC[C@H]1[C@@H]1CC[C@H]3CCCC(N4CCCCC4)(N4CCCCC4)[C@]3(C)[C@H]1CC2. The zero-order chi connectivity index (χ0) is 25.1. The van der Waals surface area contributed by atoms with E-state index >= 15 is 0 Å². The molecule has 0 radical (unpaired) electrons. The van der Waals surface area contributed by atoms with E-state index in [9.17, 15) is 0 Å². The molecule has 0 aromatic carbocycles. The Bertz CT molecular complexity index is 640. The molecule has 2 saturated heterocycles. The van der Waals surface area contributed by atoms with Crippen molar-refractivity contribution in [2.45, 2.75) is 122 Å². The molecule has 2 nitrogen and oxygen atoms in total. The van der Waals surface area contributed by atoms with Gasteiger partial charge in [-0.25, -0.2) is 0 Å². The fraction of sp³-hybridized carbons (Fsp3) is 1.00.